The maximum atomic E-state index is 10.7. The summed E-state index contributed by atoms with van der Waals surface area (Å²) in [6.07, 6.45) is 2.03. The summed E-state index contributed by atoms with van der Waals surface area (Å²) in [6, 6.07) is 2.28. The Hall–Kier alpha value is -1.20. The van der Waals surface area contributed by atoms with Crippen molar-refractivity contribution < 1.29 is 5.11 Å². The predicted molar refractivity (Wildman–Crippen MR) is 72.7 cm³/mol. The third-order valence-electron chi connectivity index (χ3n) is 2.99. The van der Waals surface area contributed by atoms with Crippen molar-refractivity contribution in [2.75, 3.05) is 0 Å². The summed E-state index contributed by atoms with van der Waals surface area (Å²) < 4.78 is 1.86. The summed E-state index contributed by atoms with van der Waals surface area (Å²) >= 11 is 1.59. The molecule has 4 nitrogen and oxygen atoms in total. The van der Waals surface area contributed by atoms with Crippen LogP contribution in [0.5, 0.6) is 0 Å². The Labute approximate surface area is 111 Å². The first-order chi connectivity index (χ1) is 8.42. The number of aryl methyl sites for hydroxylation is 1. The van der Waals surface area contributed by atoms with Gasteiger partial charge in [-0.25, -0.2) is 9.67 Å². The Morgan fingerprint density at radius 3 is 2.78 bits per heavy atom. The minimum atomic E-state index is -0.891. The molecule has 0 aliphatic heterocycles. The molecule has 0 radical (unpaired) electrons. The second kappa shape index (κ2) is 4.82. The van der Waals surface area contributed by atoms with Crippen molar-refractivity contribution in [1.82, 2.24) is 14.8 Å². The fourth-order valence-corrected chi connectivity index (χ4v) is 3.13. The lowest BCUT2D eigenvalue weighted by molar-refractivity contribution is 0.0572. The molecule has 2 aromatic heterocycles. The number of aromatic nitrogens is 3. The molecule has 0 amide bonds. The lowest BCUT2D eigenvalue weighted by atomic mass is 9.97. The van der Waals surface area contributed by atoms with Crippen LogP contribution in [0.2, 0.25) is 0 Å². The number of rotatable bonds is 4. The van der Waals surface area contributed by atoms with Crippen LogP contribution in [-0.2, 0) is 12.0 Å². The molecule has 1 unspecified atom stereocenters. The fourth-order valence-electron chi connectivity index (χ4n) is 2.14. The van der Waals surface area contributed by atoms with E-state index in [2.05, 4.69) is 23.9 Å². The average molecular weight is 265 g/mol. The van der Waals surface area contributed by atoms with Crippen LogP contribution in [0.25, 0.3) is 0 Å². The molecule has 1 N–H and O–H groups in total. The zero-order valence-electron chi connectivity index (χ0n) is 11.2. The van der Waals surface area contributed by atoms with Crippen molar-refractivity contribution in [1.29, 1.82) is 0 Å². The monoisotopic (exact) mass is 265 g/mol. The fraction of sp³-hybridized carbons (Fsp3) is 0.538. The van der Waals surface area contributed by atoms with Gasteiger partial charge in [-0.1, -0.05) is 0 Å². The van der Waals surface area contributed by atoms with E-state index in [9.17, 15) is 5.11 Å². The van der Waals surface area contributed by atoms with Gasteiger partial charge in [-0.15, -0.1) is 11.3 Å². The van der Waals surface area contributed by atoms with Crippen LogP contribution in [0.4, 0.5) is 0 Å². The molecular weight excluding hydrogens is 246 g/mol. The van der Waals surface area contributed by atoms with Gasteiger partial charge in [0, 0.05) is 17.3 Å². The normalized spacial score (nSPS) is 15.0. The first-order valence-corrected chi connectivity index (χ1v) is 6.95. The van der Waals surface area contributed by atoms with Crippen LogP contribution >= 0.6 is 11.3 Å². The van der Waals surface area contributed by atoms with E-state index in [1.165, 1.54) is 0 Å². The molecule has 18 heavy (non-hydrogen) atoms. The van der Waals surface area contributed by atoms with Crippen molar-refractivity contribution in [3.8, 4) is 0 Å². The predicted octanol–water partition coefficient (Wildman–Crippen LogP) is 2.68. The Morgan fingerprint density at radius 2 is 2.22 bits per heavy atom. The van der Waals surface area contributed by atoms with Crippen LogP contribution < -0.4 is 0 Å². The molecule has 0 fully saturated rings. The molecule has 2 heterocycles. The summed E-state index contributed by atoms with van der Waals surface area (Å²) in [7, 11) is 0. The topological polar surface area (TPSA) is 50.9 Å². The van der Waals surface area contributed by atoms with Crippen LogP contribution in [0.1, 0.15) is 43.1 Å². The second-order valence-electron chi connectivity index (χ2n) is 5.10. The van der Waals surface area contributed by atoms with E-state index in [4.69, 9.17) is 0 Å². The first-order valence-electron chi connectivity index (χ1n) is 6.07. The zero-order chi connectivity index (χ0) is 13.3. The molecule has 2 aromatic rings. The highest BCUT2D eigenvalue weighted by Gasteiger charge is 2.29. The molecule has 5 heteroatoms. The van der Waals surface area contributed by atoms with Crippen molar-refractivity contribution >= 4 is 11.3 Å². The van der Waals surface area contributed by atoms with Gasteiger partial charge in [0.15, 0.2) is 0 Å². The summed E-state index contributed by atoms with van der Waals surface area (Å²) in [6.45, 7) is 7.98. The molecule has 0 spiro atoms. The maximum absolute atomic E-state index is 10.7. The van der Waals surface area contributed by atoms with Gasteiger partial charge < -0.3 is 5.11 Å². The van der Waals surface area contributed by atoms with E-state index in [0.717, 1.165) is 16.3 Å². The molecule has 0 bridgehead atoms. The van der Waals surface area contributed by atoms with Crippen LogP contribution in [-0.4, -0.2) is 19.9 Å². The smallest absolute Gasteiger partial charge is 0.138 e. The minimum Gasteiger partial charge on any atom is -0.384 e. The van der Waals surface area contributed by atoms with E-state index in [1.807, 2.05) is 30.0 Å². The van der Waals surface area contributed by atoms with Crippen LogP contribution in [0.15, 0.2) is 17.8 Å². The lowest BCUT2D eigenvalue weighted by Gasteiger charge is -2.23. The molecule has 0 aromatic carbocycles. The quantitative estimate of drug-likeness (QED) is 0.924. The number of hydrogen-bond acceptors (Lipinski definition) is 4. The van der Waals surface area contributed by atoms with E-state index in [1.54, 1.807) is 17.7 Å². The number of hydrogen-bond donors (Lipinski definition) is 1. The van der Waals surface area contributed by atoms with Gasteiger partial charge in [0.2, 0.25) is 0 Å². The van der Waals surface area contributed by atoms with Gasteiger partial charge in [-0.2, -0.15) is 5.10 Å². The van der Waals surface area contributed by atoms with Crippen LogP contribution in [0.3, 0.4) is 0 Å². The van der Waals surface area contributed by atoms with Gasteiger partial charge in [-0.3, -0.25) is 0 Å². The first kappa shape index (κ1) is 13.2. The lowest BCUT2D eigenvalue weighted by Crippen LogP contribution is -2.26. The molecule has 0 aliphatic rings. The highest BCUT2D eigenvalue weighted by molar-refractivity contribution is 7.10. The molecule has 0 saturated carbocycles. The van der Waals surface area contributed by atoms with Gasteiger partial charge in [0.1, 0.15) is 17.8 Å². The average Bonchev–Trinajstić information content (AvgIpc) is 2.86. The van der Waals surface area contributed by atoms with Gasteiger partial charge in [0.25, 0.3) is 0 Å². The highest BCUT2D eigenvalue weighted by Crippen LogP contribution is 2.31. The second-order valence-corrected chi connectivity index (χ2v) is 6.01. The standard InChI is InChI=1S/C13H19N3OS/c1-9(2)16-11(14-8-15-16)7-13(4,17)12-10(3)5-6-18-12/h5-6,8-9,17H,7H2,1-4H3. The van der Waals surface area contributed by atoms with Crippen molar-refractivity contribution in [3.05, 3.63) is 34.0 Å². The van der Waals surface area contributed by atoms with E-state index >= 15 is 0 Å². The van der Waals surface area contributed by atoms with Gasteiger partial charge in [-0.05, 0) is 44.7 Å². The number of aliphatic hydroxyl groups is 1. The third kappa shape index (κ3) is 2.47. The Morgan fingerprint density at radius 1 is 1.50 bits per heavy atom. The van der Waals surface area contributed by atoms with E-state index in [0.29, 0.717) is 6.42 Å². The zero-order valence-corrected chi connectivity index (χ0v) is 12.0. The van der Waals surface area contributed by atoms with E-state index < -0.39 is 5.60 Å². The molecular formula is C13H19N3OS. The summed E-state index contributed by atoms with van der Waals surface area (Å²) in [4.78, 5) is 5.26. The SMILES string of the molecule is Cc1ccsc1C(C)(O)Cc1ncnn1C(C)C. The van der Waals surface area contributed by atoms with Gasteiger partial charge >= 0.3 is 0 Å². The molecule has 1 atom stereocenters. The summed E-state index contributed by atoms with van der Waals surface area (Å²) in [5.41, 5.74) is 0.235. The third-order valence-corrected chi connectivity index (χ3v) is 4.26. The van der Waals surface area contributed by atoms with E-state index in [-0.39, 0.29) is 6.04 Å². The number of thiophene rings is 1. The molecule has 0 aliphatic carbocycles. The largest absolute Gasteiger partial charge is 0.384 e. The maximum Gasteiger partial charge on any atom is 0.138 e. The molecule has 2 rings (SSSR count). The van der Waals surface area contributed by atoms with Crippen LogP contribution in [0, 0.1) is 6.92 Å². The summed E-state index contributed by atoms with van der Waals surface area (Å²) in [5, 5.41) is 16.9. The Kier molecular flexibility index (Phi) is 3.54. The minimum absolute atomic E-state index is 0.253. The Bertz CT molecular complexity index is 528. The van der Waals surface area contributed by atoms with Crippen molar-refractivity contribution in [2.45, 2.75) is 45.8 Å². The Balaban J connectivity index is 2.28. The molecule has 98 valence electrons. The highest BCUT2D eigenvalue weighted by atomic mass is 32.1. The van der Waals surface area contributed by atoms with Crippen molar-refractivity contribution in [3.63, 3.8) is 0 Å². The van der Waals surface area contributed by atoms with Crippen molar-refractivity contribution in [2.24, 2.45) is 0 Å². The molecule has 0 saturated heterocycles. The van der Waals surface area contributed by atoms with Gasteiger partial charge in [0.05, 0.1) is 0 Å². The summed E-state index contributed by atoms with van der Waals surface area (Å²) in [5.74, 6) is 0.822. The number of nitrogens with zero attached hydrogens (tertiary/aromatic N) is 3.